The zero-order valence-corrected chi connectivity index (χ0v) is 13.7. The molecule has 1 aromatic rings. The van der Waals surface area contributed by atoms with Crippen LogP contribution in [0, 0.1) is 0 Å². The van der Waals surface area contributed by atoms with Crippen molar-refractivity contribution in [2.45, 2.75) is 25.0 Å². The van der Waals surface area contributed by atoms with Crippen LogP contribution in [0.1, 0.15) is 24.8 Å². The van der Waals surface area contributed by atoms with Crippen LogP contribution < -0.4 is 4.72 Å². The molecular weight excluding hydrogens is 318 g/mol. The Morgan fingerprint density at radius 2 is 1.90 bits per heavy atom. The molecule has 0 spiro atoms. The zero-order chi connectivity index (χ0) is 15.0. The largest absolute Gasteiger partial charge is 0.274 e. The van der Waals surface area contributed by atoms with Gasteiger partial charge in [-0.05, 0) is 36.3 Å². The minimum Gasteiger partial charge on any atom is -0.274 e. The lowest BCUT2D eigenvalue weighted by Crippen LogP contribution is -2.28. The lowest BCUT2D eigenvalue weighted by atomic mass is 10.2. The van der Waals surface area contributed by atoms with Gasteiger partial charge in [0.2, 0.25) is 15.9 Å². The molecule has 0 saturated heterocycles. The number of halogens is 1. The molecule has 0 fully saturated rings. The highest BCUT2D eigenvalue weighted by Gasteiger charge is 2.07. The highest BCUT2D eigenvalue weighted by molar-refractivity contribution is 7.98. The topological polar surface area (TPSA) is 63.2 Å². The van der Waals surface area contributed by atoms with Gasteiger partial charge >= 0.3 is 0 Å². The highest BCUT2D eigenvalue weighted by Crippen LogP contribution is 2.16. The first-order valence-corrected chi connectivity index (χ1v) is 9.62. The maximum atomic E-state index is 11.2. The molecule has 0 bridgehead atoms. The number of benzene rings is 1. The lowest BCUT2D eigenvalue weighted by molar-refractivity contribution is -0.119. The van der Waals surface area contributed by atoms with Gasteiger partial charge in [0.05, 0.1) is 6.26 Å². The number of unbranched alkanes of at least 4 members (excludes halogenated alkanes) is 1. The van der Waals surface area contributed by atoms with Crippen molar-refractivity contribution in [3.05, 3.63) is 34.9 Å². The van der Waals surface area contributed by atoms with Crippen LogP contribution in [0.4, 0.5) is 0 Å². The molecule has 0 unspecified atom stereocenters. The number of nitrogens with one attached hydrogen (secondary N) is 1. The van der Waals surface area contributed by atoms with Crippen LogP contribution in [-0.4, -0.2) is 26.3 Å². The van der Waals surface area contributed by atoms with Crippen LogP contribution in [0.5, 0.6) is 0 Å². The molecule has 7 heteroatoms. The summed E-state index contributed by atoms with van der Waals surface area (Å²) in [6, 6.07) is 7.73. The summed E-state index contributed by atoms with van der Waals surface area (Å²) in [5.41, 5.74) is 1.22. The van der Waals surface area contributed by atoms with E-state index in [1.807, 2.05) is 29.0 Å². The first-order valence-electron chi connectivity index (χ1n) is 6.19. The Morgan fingerprint density at radius 1 is 1.25 bits per heavy atom. The van der Waals surface area contributed by atoms with Crippen molar-refractivity contribution < 1.29 is 13.2 Å². The van der Waals surface area contributed by atoms with E-state index in [2.05, 4.69) is 0 Å². The molecule has 1 aromatic carbocycles. The van der Waals surface area contributed by atoms with Gasteiger partial charge in [0, 0.05) is 17.2 Å². The van der Waals surface area contributed by atoms with Crippen molar-refractivity contribution in [3.63, 3.8) is 0 Å². The van der Waals surface area contributed by atoms with Crippen LogP contribution >= 0.6 is 23.4 Å². The molecule has 0 aliphatic rings. The van der Waals surface area contributed by atoms with E-state index in [0.717, 1.165) is 29.2 Å². The molecule has 0 radical (unpaired) electrons. The number of amides is 1. The minimum absolute atomic E-state index is 0.245. The summed E-state index contributed by atoms with van der Waals surface area (Å²) in [6.07, 6.45) is 2.80. The smallest absolute Gasteiger partial charge is 0.233 e. The normalized spacial score (nSPS) is 11.3. The second-order valence-electron chi connectivity index (χ2n) is 4.43. The molecule has 0 aliphatic carbocycles. The molecule has 4 nitrogen and oxygen atoms in total. The monoisotopic (exact) mass is 335 g/mol. The Morgan fingerprint density at radius 3 is 2.50 bits per heavy atom. The average molecular weight is 336 g/mol. The summed E-state index contributed by atoms with van der Waals surface area (Å²) in [5, 5.41) is 0.732. The van der Waals surface area contributed by atoms with E-state index in [9.17, 15) is 13.2 Å². The van der Waals surface area contributed by atoms with E-state index < -0.39 is 15.9 Å². The molecule has 1 amide bonds. The van der Waals surface area contributed by atoms with Crippen molar-refractivity contribution in [2.24, 2.45) is 0 Å². The van der Waals surface area contributed by atoms with Gasteiger partial charge in [-0.25, -0.2) is 8.42 Å². The van der Waals surface area contributed by atoms with Crippen LogP contribution in [-0.2, 0) is 20.6 Å². The summed E-state index contributed by atoms with van der Waals surface area (Å²) in [7, 11) is -3.43. The second-order valence-corrected chi connectivity index (χ2v) is 7.72. The Labute approximate surface area is 129 Å². The van der Waals surface area contributed by atoms with Gasteiger partial charge in [-0.15, -0.1) is 0 Å². The summed E-state index contributed by atoms with van der Waals surface area (Å²) >= 11 is 7.59. The van der Waals surface area contributed by atoms with E-state index in [1.54, 1.807) is 11.8 Å². The van der Waals surface area contributed by atoms with Crippen molar-refractivity contribution >= 4 is 39.3 Å². The lowest BCUT2D eigenvalue weighted by Gasteiger charge is -2.03. The Hall–Kier alpha value is -0.720. The number of carbonyl (C=O) groups excluding carboxylic acids is 1. The van der Waals surface area contributed by atoms with Crippen molar-refractivity contribution in [3.8, 4) is 0 Å². The fourth-order valence-corrected chi connectivity index (χ4v) is 3.14. The number of rotatable bonds is 8. The standard InChI is InChI=1S/C13H18ClNO3S2/c1-20(17,18)15-13(16)4-2-3-9-19-10-11-5-7-12(14)8-6-11/h5-8H,2-4,9-10H2,1H3,(H,15,16). The average Bonchev–Trinajstić information content (AvgIpc) is 2.33. The van der Waals surface area contributed by atoms with Crippen LogP contribution in [0.2, 0.25) is 5.02 Å². The Balaban J connectivity index is 2.08. The molecule has 0 heterocycles. The Kier molecular flexibility index (Phi) is 7.40. The number of hydrogen-bond donors (Lipinski definition) is 1. The predicted octanol–water partition coefficient (Wildman–Crippen LogP) is 2.82. The van der Waals surface area contributed by atoms with E-state index in [0.29, 0.717) is 6.42 Å². The minimum atomic E-state index is -3.43. The number of hydrogen-bond acceptors (Lipinski definition) is 4. The first kappa shape index (κ1) is 17.3. The SMILES string of the molecule is CS(=O)(=O)NC(=O)CCCCSCc1ccc(Cl)cc1. The van der Waals surface area contributed by atoms with Crippen molar-refractivity contribution in [1.82, 2.24) is 4.72 Å². The molecule has 20 heavy (non-hydrogen) atoms. The maximum Gasteiger partial charge on any atom is 0.233 e. The number of sulfonamides is 1. The first-order chi connectivity index (χ1) is 9.37. The molecular formula is C13H18ClNO3S2. The molecule has 0 saturated carbocycles. The van der Waals surface area contributed by atoms with Crippen molar-refractivity contribution in [1.29, 1.82) is 0 Å². The quantitative estimate of drug-likeness (QED) is 0.742. The summed E-state index contributed by atoms with van der Waals surface area (Å²) in [4.78, 5) is 11.2. The van der Waals surface area contributed by atoms with E-state index in [1.165, 1.54) is 5.56 Å². The maximum absolute atomic E-state index is 11.2. The molecule has 0 aromatic heterocycles. The van der Waals surface area contributed by atoms with Crippen LogP contribution in [0.3, 0.4) is 0 Å². The van der Waals surface area contributed by atoms with Crippen LogP contribution in [0.25, 0.3) is 0 Å². The molecule has 0 aliphatic heterocycles. The summed E-state index contributed by atoms with van der Waals surface area (Å²) in [6.45, 7) is 0. The Bertz CT molecular complexity index is 529. The van der Waals surface area contributed by atoms with E-state index in [-0.39, 0.29) is 6.42 Å². The number of carbonyl (C=O) groups is 1. The van der Waals surface area contributed by atoms with E-state index >= 15 is 0 Å². The molecule has 112 valence electrons. The summed E-state index contributed by atoms with van der Waals surface area (Å²) in [5.74, 6) is 1.41. The van der Waals surface area contributed by atoms with Crippen LogP contribution in [0.15, 0.2) is 24.3 Å². The molecule has 1 N–H and O–H groups in total. The highest BCUT2D eigenvalue weighted by atomic mass is 35.5. The fraction of sp³-hybridized carbons (Fsp3) is 0.462. The molecule has 0 atom stereocenters. The van der Waals surface area contributed by atoms with Gasteiger partial charge in [0.15, 0.2) is 0 Å². The fourth-order valence-electron chi connectivity index (χ4n) is 1.52. The third-order valence-corrected chi connectivity index (χ3v) is 4.39. The van der Waals surface area contributed by atoms with Gasteiger partial charge in [-0.1, -0.05) is 23.7 Å². The van der Waals surface area contributed by atoms with Gasteiger partial charge in [-0.3, -0.25) is 9.52 Å². The summed E-state index contributed by atoms with van der Waals surface area (Å²) < 4.78 is 23.6. The molecule has 1 rings (SSSR count). The third-order valence-electron chi connectivity index (χ3n) is 2.42. The zero-order valence-electron chi connectivity index (χ0n) is 11.3. The van der Waals surface area contributed by atoms with Gasteiger partial charge < -0.3 is 0 Å². The predicted molar refractivity (Wildman–Crippen MR) is 84.5 cm³/mol. The van der Waals surface area contributed by atoms with Gasteiger partial charge in [0.1, 0.15) is 0 Å². The van der Waals surface area contributed by atoms with Crippen molar-refractivity contribution in [2.75, 3.05) is 12.0 Å². The second kappa shape index (κ2) is 8.54. The van der Waals surface area contributed by atoms with E-state index in [4.69, 9.17) is 11.6 Å². The number of thioether (sulfide) groups is 1. The van der Waals surface area contributed by atoms with Gasteiger partial charge in [0.25, 0.3) is 0 Å². The van der Waals surface area contributed by atoms with Gasteiger partial charge in [-0.2, -0.15) is 11.8 Å². The third kappa shape index (κ3) is 8.45.